The molecule has 1 aliphatic heterocycles. The van der Waals surface area contributed by atoms with Gasteiger partial charge in [0.05, 0.1) is 12.0 Å². The number of thioether (sulfide) groups is 1. The van der Waals surface area contributed by atoms with E-state index in [2.05, 4.69) is 5.32 Å². The van der Waals surface area contributed by atoms with Crippen molar-refractivity contribution in [2.24, 2.45) is 0 Å². The van der Waals surface area contributed by atoms with Gasteiger partial charge in [-0.25, -0.2) is 0 Å². The third kappa shape index (κ3) is 5.19. The van der Waals surface area contributed by atoms with Crippen LogP contribution >= 0.6 is 11.8 Å². The van der Waals surface area contributed by atoms with Gasteiger partial charge in [0.25, 0.3) is 11.6 Å². The number of benzene rings is 1. The van der Waals surface area contributed by atoms with Gasteiger partial charge in [0.15, 0.2) is 0 Å². The number of esters is 1. The number of nitro benzene ring substituents is 1. The first-order valence-corrected chi connectivity index (χ1v) is 8.97. The normalized spacial score (nSPS) is 16.7. The molecule has 9 nitrogen and oxygen atoms in total. The number of hydrogen-bond acceptors (Lipinski definition) is 7. The number of nitrogens with zero attached hydrogens (tertiary/aromatic N) is 2. The summed E-state index contributed by atoms with van der Waals surface area (Å²) in [6.07, 6.45) is 0.108. The zero-order valence-corrected chi connectivity index (χ0v) is 15.0. The second-order valence-electron chi connectivity index (χ2n) is 5.53. The Morgan fingerprint density at radius 3 is 2.65 bits per heavy atom. The van der Waals surface area contributed by atoms with E-state index in [-0.39, 0.29) is 41.3 Å². The third-order valence-corrected chi connectivity index (χ3v) is 5.01. The number of non-ortho nitro benzene ring substituents is 1. The van der Waals surface area contributed by atoms with Crippen LogP contribution in [0.15, 0.2) is 24.3 Å². The van der Waals surface area contributed by atoms with Crippen molar-refractivity contribution in [1.29, 1.82) is 0 Å². The molecule has 10 heteroatoms. The molecule has 0 unspecified atom stereocenters. The van der Waals surface area contributed by atoms with Crippen LogP contribution in [0.5, 0.6) is 0 Å². The standard InChI is InChI=1S/C16H19N3O6S/c1-25-16(22)13-10-18(8-9-26-13)14(20)6-7-17-15(21)11-2-4-12(5-3-11)19(23)24/h2-5,13H,6-10H2,1H3,(H,17,21)/t13-/m1/s1. The van der Waals surface area contributed by atoms with Crippen LogP contribution in [0.3, 0.4) is 0 Å². The number of methoxy groups -OCH3 is 1. The fourth-order valence-electron chi connectivity index (χ4n) is 2.43. The molecule has 1 N–H and O–H groups in total. The van der Waals surface area contributed by atoms with Crippen molar-refractivity contribution in [3.63, 3.8) is 0 Å². The Kier molecular flexibility index (Phi) is 6.96. The van der Waals surface area contributed by atoms with E-state index in [4.69, 9.17) is 4.74 Å². The van der Waals surface area contributed by atoms with Gasteiger partial charge < -0.3 is 15.0 Å². The SMILES string of the molecule is COC(=O)[C@H]1CN(C(=O)CCNC(=O)c2ccc([N+](=O)[O-])cc2)CCS1. The first-order chi connectivity index (χ1) is 12.4. The zero-order chi connectivity index (χ0) is 19.1. The Morgan fingerprint density at radius 2 is 2.04 bits per heavy atom. The molecular formula is C16H19N3O6S. The maximum Gasteiger partial charge on any atom is 0.320 e. The van der Waals surface area contributed by atoms with E-state index in [0.29, 0.717) is 18.8 Å². The number of nitro groups is 1. The average Bonchev–Trinajstić information content (AvgIpc) is 2.67. The molecule has 0 aliphatic carbocycles. The van der Waals surface area contributed by atoms with Crippen molar-refractivity contribution in [3.8, 4) is 0 Å². The van der Waals surface area contributed by atoms with Gasteiger partial charge in [-0.15, -0.1) is 11.8 Å². The lowest BCUT2D eigenvalue weighted by molar-refractivity contribution is -0.384. The molecule has 1 saturated heterocycles. The summed E-state index contributed by atoms with van der Waals surface area (Å²) >= 11 is 1.46. The van der Waals surface area contributed by atoms with E-state index in [9.17, 15) is 24.5 Å². The summed E-state index contributed by atoms with van der Waals surface area (Å²) in [6.45, 7) is 0.987. The summed E-state index contributed by atoms with van der Waals surface area (Å²) in [4.78, 5) is 47.5. The highest BCUT2D eigenvalue weighted by Gasteiger charge is 2.29. The predicted molar refractivity (Wildman–Crippen MR) is 94.9 cm³/mol. The number of hydrogen-bond donors (Lipinski definition) is 1. The van der Waals surface area contributed by atoms with E-state index in [1.807, 2.05) is 0 Å². The summed E-state index contributed by atoms with van der Waals surface area (Å²) in [5, 5.41) is 12.8. The Bertz CT molecular complexity index is 694. The fourth-order valence-corrected chi connectivity index (χ4v) is 3.56. The van der Waals surface area contributed by atoms with Crippen LogP contribution in [0.4, 0.5) is 5.69 Å². The number of nitrogens with one attached hydrogen (secondary N) is 1. The smallest absolute Gasteiger partial charge is 0.320 e. The molecular weight excluding hydrogens is 362 g/mol. The van der Waals surface area contributed by atoms with Gasteiger partial charge in [0.1, 0.15) is 5.25 Å². The maximum atomic E-state index is 12.2. The molecule has 2 rings (SSSR count). The van der Waals surface area contributed by atoms with Gasteiger partial charge in [-0.2, -0.15) is 0 Å². The summed E-state index contributed by atoms with van der Waals surface area (Å²) < 4.78 is 4.71. The van der Waals surface area contributed by atoms with Crippen molar-refractivity contribution in [1.82, 2.24) is 10.2 Å². The minimum atomic E-state index is -0.543. The van der Waals surface area contributed by atoms with Gasteiger partial charge in [-0.1, -0.05) is 0 Å². The van der Waals surface area contributed by atoms with Gasteiger partial charge in [0.2, 0.25) is 5.91 Å². The van der Waals surface area contributed by atoms with Crippen LogP contribution in [-0.2, 0) is 14.3 Å². The van der Waals surface area contributed by atoms with Crippen LogP contribution in [0.1, 0.15) is 16.8 Å². The van der Waals surface area contributed by atoms with Crippen molar-refractivity contribution in [2.75, 3.05) is 32.5 Å². The lowest BCUT2D eigenvalue weighted by Gasteiger charge is -2.31. The Hall–Kier alpha value is -2.62. The largest absolute Gasteiger partial charge is 0.468 e. The number of carbonyl (C=O) groups excluding carboxylic acids is 3. The summed E-state index contributed by atoms with van der Waals surface area (Å²) in [5.74, 6) is -0.253. The summed E-state index contributed by atoms with van der Waals surface area (Å²) in [5.41, 5.74) is 0.183. The van der Waals surface area contributed by atoms with Gasteiger partial charge in [0, 0.05) is 49.5 Å². The molecule has 0 aromatic heterocycles. The summed E-state index contributed by atoms with van der Waals surface area (Å²) in [6, 6.07) is 5.22. The Labute approximate surface area is 154 Å². The lowest BCUT2D eigenvalue weighted by Crippen LogP contribution is -2.45. The summed E-state index contributed by atoms with van der Waals surface area (Å²) in [7, 11) is 1.32. The van der Waals surface area contributed by atoms with Crippen molar-refractivity contribution >= 4 is 35.2 Å². The molecule has 2 amide bonds. The van der Waals surface area contributed by atoms with Crippen molar-refractivity contribution in [2.45, 2.75) is 11.7 Å². The molecule has 1 aromatic rings. The van der Waals surface area contributed by atoms with E-state index in [0.717, 1.165) is 0 Å². The molecule has 26 heavy (non-hydrogen) atoms. The van der Waals surface area contributed by atoms with E-state index in [1.54, 1.807) is 4.90 Å². The molecule has 1 fully saturated rings. The first-order valence-electron chi connectivity index (χ1n) is 7.92. The minimum Gasteiger partial charge on any atom is -0.468 e. The number of carbonyl (C=O) groups is 3. The quantitative estimate of drug-likeness (QED) is 0.440. The molecule has 1 atom stereocenters. The number of amides is 2. The van der Waals surface area contributed by atoms with Crippen LogP contribution in [0.2, 0.25) is 0 Å². The maximum absolute atomic E-state index is 12.2. The first kappa shape index (κ1) is 19.7. The number of ether oxygens (including phenoxy) is 1. The second-order valence-corrected chi connectivity index (χ2v) is 6.84. The molecule has 0 radical (unpaired) electrons. The van der Waals surface area contributed by atoms with E-state index in [1.165, 1.54) is 43.1 Å². The van der Waals surface area contributed by atoms with Crippen LogP contribution in [0, 0.1) is 10.1 Å². The Balaban J connectivity index is 1.79. The van der Waals surface area contributed by atoms with Crippen molar-refractivity contribution in [3.05, 3.63) is 39.9 Å². The van der Waals surface area contributed by atoms with E-state index >= 15 is 0 Å². The molecule has 0 bridgehead atoms. The number of rotatable bonds is 6. The van der Waals surface area contributed by atoms with Gasteiger partial charge in [-0.05, 0) is 12.1 Å². The molecule has 1 aromatic carbocycles. The topological polar surface area (TPSA) is 119 Å². The fraction of sp³-hybridized carbons (Fsp3) is 0.438. The Morgan fingerprint density at radius 1 is 1.35 bits per heavy atom. The molecule has 1 aliphatic rings. The van der Waals surface area contributed by atoms with Crippen LogP contribution in [0.25, 0.3) is 0 Å². The second kappa shape index (κ2) is 9.18. The van der Waals surface area contributed by atoms with Gasteiger partial charge >= 0.3 is 5.97 Å². The monoisotopic (exact) mass is 381 g/mol. The average molecular weight is 381 g/mol. The van der Waals surface area contributed by atoms with E-state index < -0.39 is 10.8 Å². The van der Waals surface area contributed by atoms with Crippen LogP contribution < -0.4 is 5.32 Å². The highest BCUT2D eigenvalue weighted by atomic mass is 32.2. The highest BCUT2D eigenvalue weighted by molar-refractivity contribution is 8.00. The molecule has 140 valence electrons. The minimum absolute atomic E-state index is 0.0974. The third-order valence-electron chi connectivity index (χ3n) is 3.85. The molecule has 0 spiro atoms. The zero-order valence-electron chi connectivity index (χ0n) is 14.2. The van der Waals surface area contributed by atoms with Crippen LogP contribution in [-0.4, -0.2) is 65.4 Å². The molecule has 1 heterocycles. The molecule has 0 saturated carbocycles. The highest BCUT2D eigenvalue weighted by Crippen LogP contribution is 2.20. The van der Waals surface area contributed by atoms with Crippen molar-refractivity contribution < 1.29 is 24.0 Å². The predicted octanol–water partition coefficient (Wildman–Crippen LogP) is 0.832. The lowest BCUT2D eigenvalue weighted by atomic mass is 10.2. The van der Waals surface area contributed by atoms with Gasteiger partial charge in [-0.3, -0.25) is 24.5 Å².